The number of nitrogens with one attached hydrogen (secondary N) is 1. The van der Waals surface area contributed by atoms with Crippen LogP contribution in [0.25, 0.3) is 0 Å². The molecular formula is C20H23FN2O4S. The quantitative estimate of drug-likeness (QED) is 0.767. The van der Waals surface area contributed by atoms with Gasteiger partial charge in [-0.1, -0.05) is 29.8 Å². The maximum absolute atomic E-state index is 14.4. The number of sulfonamides is 1. The zero-order valence-electron chi connectivity index (χ0n) is 15.6. The van der Waals surface area contributed by atoms with Crippen LogP contribution in [0.1, 0.15) is 18.4 Å². The highest BCUT2D eigenvalue weighted by molar-refractivity contribution is 7.92. The SMILES string of the molecule is Cc1ccc(S(=O)(=O)N(CC(=O)NC[C@@H]2CCCO2)c2ccccc2F)cc1. The van der Waals surface area contributed by atoms with Gasteiger partial charge in [-0.15, -0.1) is 0 Å². The molecule has 1 saturated heterocycles. The second-order valence-corrected chi connectivity index (χ2v) is 8.58. The minimum absolute atomic E-state index is 0.00622. The molecule has 0 saturated carbocycles. The molecule has 1 heterocycles. The number of benzene rings is 2. The second kappa shape index (κ2) is 8.70. The molecule has 2 aromatic carbocycles. The summed E-state index contributed by atoms with van der Waals surface area (Å²) >= 11 is 0. The van der Waals surface area contributed by atoms with E-state index in [9.17, 15) is 17.6 Å². The summed E-state index contributed by atoms with van der Waals surface area (Å²) in [6.45, 7) is 2.27. The molecule has 0 aromatic heterocycles. The van der Waals surface area contributed by atoms with Crippen molar-refractivity contribution in [1.82, 2.24) is 5.32 Å². The Labute approximate surface area is 164 Å². The van der Waals surface area contributed by atoms with Crippen molar-refractivity contribution in [1.29, 1.82) is 0 Å². The number of anilines is 1. The normalized spacial score (nSPS) is 16.7. The lowest BCUT2D eigenvalue weighted by molar-refractivity contribution is -0.120. The fraction of sp³-hybridized carbons (Fsp3) is 0.350. The lowest BCUT2D eigenvalue weighted by Crippen LogP contribution is -2.43. The lowest BCUT2D eigenvalue weighted by atomic mass is 10.2. The molecule has 6 nitrogen and oxygen atoms in total. The Morgan fingerprint density at radius 3 is 2.57 bits per heavy atom. The molecule has 1 atom stereocenters. The predicted molar refractivity (Wildman–Crippen MR) is 104 cm³/mol. The van der Waals surface area contributed by atoms with E-state index in [1.807, 2.05) is 6.92 Å². The molecule has 0 bridgehead atoms. The van der Waals surface area contributed by atoms with E-state index < -0.39 is 28.3 Å². The smallest absolute Gasteiger partial charge is 0.264 e. The van der Waals surface area contributed by atoms with E-state index in [1.165, 1.54) is 30.3 Å². The monoisotopic (exact) mass is 406 g/mol. The minimum atomic E-state index is -4.12. The highest BCUT2D eigenvalue weighted by atomic mass is 32.2. The molecule has 2 aromatic rings. The summed E-state index contributed by atoms with van der Waals surface area (Å²) in [6, 6.07) is 11.7. The van der Waals surface area contributed by atoms with Gasteiger partial charge in [0.1, 0.15) is 12.4 Å². The average Bonchev–Trinajstić information content (AvgIpc) is 3.19. The van der Waals surface area contributed by atoms with Crippen LogP contribution < -0.4 is 9.62 Å². The number of carbonyl (C=O) groups is 1. The summed E-state index contributed by atoms with van der Waals surface area (Å²) in [6.07, 6.45) is 1.71. The van der Waals surface area contributed by atoms with E-state index in [1.54, 1.807) is 12.1 Å². The molecule has 1 aliphatic heterocycles. The van der Waals surface area contributed by atoms with Crippen molar-refractivity contribution in [2.45, 2.75) is 30.8 Å². The standard InChI is InChI=1S/C20H23FN2O4S/c1-15-8-10-17(11-9-15)28(25,26)23(19-7-3-2-6-18(19)21)14-20(24)22-13-16-5-4-12-27-16/h2-3,6-11,16H,4-5,12-14H2,1H3,(H,22,24)/t16-/m0/s1. The van der Waals surface area contributed by atoms with E-state index in [2.05, 4.69) is 5.32 Å². The van der Waals surface area contributed by atoms with Crippen LogP contribution in [0.4, 0.5) is 10.1 Å². The Morgan fingerprint density at radius 1 is 1.21 bits per heavy atom. The van der Waals surface area contributed by atoms with Crippen molar-refractivity contribution in [2.24, 2.45) is 0 Å². The number of amides is 1. The summed E-state index contributed by atoms with van der Waals surface area (Å²) in [4.78, 5) is 12.4. The highest BCUT2D eigenvalue weighted by Gasteiger charge is 2.29. The maximum Gasteiger partial charge on any atom is 0.264 e. The van der Waals surface area contributed by atoms with Gasteiger partial charge in [0, 0.05) is 13.2 Å². The number of carbonyl (C=O) groups excluding carboxylic acids is 1. The molecule has 8 heteroatoms. The molecule has 1 aliphatic rings. The zero-order chi connectivity index (χ0) is 20.1. The van der Waals surface area contributed by atoms with Crippen LogP contribution in [0.15, 0.2) is 53.4 Å². The van der Waals surface area contributed by atoms with Gasteiger partial charge < -0.3 is 10.1 Å². The number of aryl methyl sites for hydroxylation is 1. The molecule has 3 rings (SSSR count). The number of hydrogen-bond acceptors (Lipinski definition) is 4. The first-order valence-electron chi connectivity index (χ1n) is 9.10. The highest BCUT2D eigenvalue weighted by Crippen LogP contribution is 2.26. The van der Waals surface area contributed by atoms with Gasteiger partial charge in [0.05, 0.1) is 16.7 Å². The Balaban J connectivity index is 1.86. The Kier molecular flexibility index (Phi) is 6.31. The van der Waals surface area contributed by atoms with Gasteiger partial charge in [-0.05, 0) is 44.0 Å². The first-order valence-corrected chi connectivity index (χ1v) is 10.5. The van der Waals surface area contributed by atoms with E-state index in [-0.39, 0.29) is 16.7 Å². The second-order valence-electron chi connectivity index (χ2n) is 6.72. The van der Waals surface area contributed by atoms with Crippen molar-refractivity contribution in [3.63, 3.8) is 0 Å². The molecule has 28 heavy (non-hydrogen) atoms. The van der Waals surface area contributed by atoms with Gasteiger partial charge in [-0.3, -0.25) is 9.10 Å². The largest absolute Gasteiger partial charge is 0.376 e. The molecule has 1 amide bonds. The summed E-state index contributed by atoms with van der Waals surface area (Å²) in [5.74, 6) is -1.24. The Bertz CT molecular complexity index is 925. The van der Waals surface area contributed by atoms with Gasteiger partial charge in [0.15, 0.2) is 0 Å². The molecule has 0 radical (unpaired) electrons. The van der Waals surface area contributed by atoms with E-state index in [0.29, 0.717) is 13.2 Å². The van der Waals surface area contributed by atoms with Gasteiger partial charge in [0.25, 0.3) is 10.0 Å². The zero-order valence-corrected chi connectivity index (χ0v) is 16.4. The minimum Gasteiger partial charge on any atom is -0.376 e. The number of ether oxygens (including phenoxy) is 1. The molecule has 0 aliphatic carbocycles. The third-order valence-electron chi connectivity index (χ3n) is 4.57. The number of para-hydroxylation sites is 1. The first kappa shape index (κ1) is 20.3. The molecule has 1 fully saturated rings. The number of hydrogen-bond donors (Lipinski definition) is 1. The third kappa shape index (κ3) is 4.69. The van der Waals surface area contributed by atoms with E-state index in [4.69, 9.17) is 4.74 Å². The van der Waals surface area contributed by atoms with Crippen LogP contribution >= 0.6 is 0 Å². The van der Waals surface area contributed by atoms with E-state index in [0.717, 1.165) is 28.8 Å². The molecule has 150 valence electrons. The Morgan fingerprint density at radius 2 is 1.93 bits per heavy atom. The Hall–Kier alpha value is -2.45. The first-order chi connectivity index (χ1) is 13.4. The molecule has 0 spiro atoms. The predicted octanol–water partition coefficient (Wildman–Crippen LogP) is 2.62. The van der Waals surface area contributed by atoms with Crippen molar-refractivity contribution < 1.29 is 22.3 Å². The van der Waals surface area contributed by atoms with Crippen molar-refractivity contribution in [2.75, 3.05) is 24.0 Å². The van der Waals surface area contributed by atoms with Crippen LogP contribution in [0.5, 0.6) is 0 Å². The number of halogens is 1. The summed E-state index contributed by atoms with van der Waals surface area (Å²) in [5, 5.41) is 2.68. The maximum atomic E-state index is 14.4. The van der Waals surface area contributed by atoms with Crippen LogP contribution in [-0.4, -0.2) is 40.1 Å². The van der Waals surface area contributed by atoms with E-state index >= 15 is 0 Å². The number of nitrogens with zero attached hydrogens (tertiary/aromatic N) is 1. The van der Waals surface area contributed by atoms with Crippen molar-refractivity contribution >= 4 is 21.6 Å². The van der Waals surface area contributed by atoms with Gasteiger partial charge in [-0.2, -0.15) is 0 Å². The average molecular weight is 406 g/mol. The van der Waals surface area contributed by atoms with Crippen molar-refractivity contribution in [3.05, 3.63) is 59.9 Å². The van der Waals surface area contributed by atoms with Crippen LogP contribution in [0, 0.1) is 12.7 Å². The van der Waals surface area contributed by atoms with Gasteiger partial charge in [-0.25, -0.2) is 12.8 Å². The fourth-order valence-electron chi connectivity index (χ4n) is 3.01. The van der Waals surface area contributed by atoms with Crippen molar-refractivity contribution in [3.8, 4) is 0 Å². The van der Waals surface area contributed by atoms with Gasteiger partial charge in [0.2, 0.25) is 5.91 Å². The third-order valence-corrected chi connectivity index (χ3v) is 6.34. The van der Waals surface area contributed by atoms with Crippen LogP contribution in [0.2, 0.25) is 0 Å². The lowest BCUT2D eigenvalue weighted by Gasteiger charge is -2.24. The molecular weight excluding hydrogens is 383 g/mol. The summed E-state index contributed by atoms with van der Waals surface area (Å²) in [7, 11) is -4.12. The van der Waals surface area contributed by atoms with Crippen LogP contribution in [0.3, 0.4) is 0 Å². The molecule has 1 N–H and O–H groups in total. The summed E-state index contributed by atoms with van der Waals surface area (Å²) in [5.41, 5.74) is 0.723. The van der Waals surface area contributed by atoms with Gasteiger partial charge >= 0.3 is 0 Å². The number of rotatable bonds is 7. The topological polar surface area (TPSA) is 75.7 Å². The van der Waals surface area contributed by atoms with Crippen LogP contribution in [-0.2, 0) is 19.6 Å². The summed E-state index contributed by atoms with van der Waals surface area (Å²) < 4.78 is 46.9. The molecule has 0 unspecified atom stereocenters. The fourth-order valence-corrected chi connectivity index (χ4v) is 4.44.